The fourth-order valence-electron chi connectivity index (χ4n) is 4.45. The average Bonchev–Trinajstić information content (AvgIpc) is 3.19. The van der Waals surface area contributed by atoms with Crippen molar-refractivity contribution in [3.8, 4) is 5.75 Å². The Balaban J connectivity index is 1.29. The van der Waals surface area contributed by atoms with Gasteiger partial charge in [-0.15, -0.1) is 4.59 Å². The molecule has 0 bridgehead atoms. The van der Waals surface area contributed by atoms with E-state index in [1.54, 1.807) is 0 Å². The molecule has 158 valence electrons. The summed E-state index contributed by atoms with van der Waals surface area (Å²) in [6.45, 7) is 5.53. The maximum absolute atomic E-state index is 6.13. The van der Waals surface area contributed by atoms with Crippen LogP contribution in [-0.4, -0.2) is 67.5 Å². The van der Waals surface area contributed by atoms with E-state index >= 15 is 0 Å². The van der Waals surface area contributed by atoms with E-state index in [0.29, 0.717) is 10.6 Å². The second-order valence-electron chi connectivity index (χ2n) is 8.22. The zero-order valence-electron chi connectivity index (χ0n) is 17.4. The zero-order chi connectivity index (χ0) is 20.2. The maximum Gasteiger partial charge on any atom is 0.225 e. The number of morpholine rings is 1. The number of aliphatic imine (C=N–C) groups is 2. The molecule has 1 aromatic carbocycles. The Morgan fingerprint density at radius 2 is 2.10 bits per heavy atom. The van der Waals surface area contributed by atoms with Gasteiger partial charge in [0.05, 0.1) is 50.2 Å². The second kappa shape index (κ2) is 8.71. The van der Waals surface area contributed by atoms with Crippen LogP contribution in [0.1, 0.15) is 25.7 Å². The number of quaternary nitrogens is 1. The quantitative estimate of drug-likeness (QED) is 0.489. The van der Waals surface area contributed by atoms with Gasteiger partial charge in [-0.3, -0.25) is 9.89 Å². The summed E-state index contributed by atoms with van der Waals surface area (Å²) in [5.41, 5.74) is 2.23. The van der Waals surface area contributed by atoms with Crippen molar-refractivity contribution < 1.29 is 14.1 Å². The van der Waals surface area contributed by atoms with Crippen LogP contribution in [-0.2, 0) is 4.74 Å². The Labute approximate surface area is 178 Å². The third kappa shape index (κ3) is 3.80. The molecular weight excluding hydrogens is 378 g/mol. The lowest BCUT2D eigenvalue weighted by atomic mass is 9.91. The first-order chi connectivity index (χ1) is 14.9. The van der Waals surface area contributed by atoms with E-state index in [2.05, 4.69) is 50.4 Å². The number of hydrogen-bond acceptors (Lipinski definition) is 6. The minimum Gasteiger partial charge on any atom is -0.493 e. The third-order valence-electron chi connectivity index (χ3n) is 6.30. The van der Waals surface area contributed by atoms with Crippen molar-refractivity contribution in [2.45, 2.75) is 31.7 Å². The lowest BCUT2D eigenvalue weighted by Crippen LogP contribution is -2.61. The molecule has 0 spiro atoms. The molecule has 30 heavy (non-hydrogen) atoms. The molecule has 1 unspecified atom stereocenters. The molecule has 7 nitrogen and oxygen atoms in total. The Morgan fingerprint density at radius 1 is 1.20 bits per heavy atom. The number of nitrogens with zero attached hydrogens (tertiary/aromatic N) is 5. The summed E-state index contributed by atoms with van der Waals surface area (Å²) in [6, 6.07) is 8.97. The van der Waals surface area contributed by atoms with E-state index in [1.165, 1.54) is 19.3 Å². The van der Waals surface area contributed by atoms with Crippen molar-refractivity contribution in [1.82, 2.24) is 4.90 Å². The standard InChI is InChI=1S/C23H30N5O2/c1-4-20(5-1)27(28-12-8-24-17-22(28)18-25-19-28)21-6-2-7-23(16-21)30-13-3-9-26-10-14-29-15-11-26/h2,6-8,12,16-20H,1,3-5,9-11,13-15H2/q+1. The van der Waals surface area contributed by atoms with Crippen molar-refractivity contribution in [2.75, 3.05) is 44.5 Å². The van der Waals surface area contributed by atoms with Crippen LogP contribution in [0.25, 0.3) is 0 Å². The van der Waals surface area contributed by atoms with Crippen molar-refractivity contribution in [2.24, 2.45) is 9.98 Å². The van der Waals surface area contributed by atoms with Gasteiger partial charge in [-0.2, -0.15) is 0 Å². The molecule has 0 amide bonds. The summed E-state index contributed by atoms with van der Waals surface area (Å²) >= 11 is 0. The Morgan fingerprint density at radius 3 is 2.93 bits per heavy atom. The summed E-state index contributed by atoms with van der Waals surface area (Å²) in [6.07, 6.45) is 14.5. The number of hydrogen-bond donors (Lipinski definition) is 0. The number of allylic oxidation sites excluding steroid dienone is 1. The average molecular weight is 409 g/mol. The molecule has 0 aromatic heterocycles. The van der Waals surface area contributed by atoms with Gasteiger partial charge in [-0.25, -0.2) is 10.0 Å². The van der Waals surface area contributed by atoms with Crippen LogP contribution >= 0.6 is 0 Å². The number of benzene rings is 1. The highest BCUT2D eigenvalue weighted by Crippen LogP contribution is 2.39. The first-order valence-corrected chi connectivity index (χ1v) is 11.0. The minimum atomic E-state index is 0.477. The fraction of sp³-hybridized carbons (Fsp3) is 0.478. The van der Waals surface area contributed by atoms with Crippen LogP contribution in [0.5, 0.6) is 5.75 Å². The highest BCUT2D eigenvalue weighted by Gasteiger charge is 2.46. The molecule has 0 radical (unpaired) electrons. The Bertz CT molecular complexity index is 870. The number of fused-ring (bicyclic) bond motifs is 1. The van der Waals surface area contributed by atoms with Gasteiger partial charge in [-0.05, 0) is 37.8 Å². The predicted octanol–water partition coefficient (Wildman–Crippen LogP) is 3.32. The first-order valence-electron chi connectivity index (χ1n) is 11.0. The van der Waals surface area contributed by atoms with E-state index in [0.717, 1.165) is 63.0 Å². The number of ether oxygens (including phenoxy) is 2. The SMILES string of the molecule is C1=C[N+]2(N(c3cccc(OCCCN4CCOCC4)c3)C3CCC3)C=NC=C2C=N1. The van der Waals surface area contributed by atoms with Crippen LogP contribution in [0.15, 0.2) is 58.5 Å². The molecular formula is C23H30N5O2+. The molecule has 7 heteroatoms. The van der Waals surface area contributed by atoms with Gasteiger partial charge < -0.3 is 9.47 Å². The molecule has 1 aliphatic carbocycles. The monoisotopic (exact) mass is 408 g/mol. The summed E-state index contributed by atoms with van der Waals surface area (Å²) < 4.78 is 12.0. The lowest BCUT2D eigenvalue weighted by molar-refractivity contribution is -0.746. The van der Waals surface area contributed by atoms with Crippen LogP contribution < -0.4 is 9.75 Å². The van der Waals surface area contributed by atoms with Crippen molar-refractivity contribution in [1.29, 1.82) is 0 Å². The van der Waals surface area contributed by atoms with E-state index in [1.807, 2.05) is 25.0 Å². The molecule has 1 atom stereocenters. The molecule has 1 saturated heterocycles. The summed E-state index contributed by atoms with van der Waals surface area (Å²) in [5, 5.41) is 2.45. The van der Waals surface area contributed by atoms with Crippen molar-refractivity contribution in [3.63, 3.8) is 0 Å². The number of rotatable bonds is 8. The molecule has 3 heterocycles. The highest BCUT2D eigenvalue weighted by atomic mass is 16.5. The van der Waals surface area contributed by atoms with Crippen molar-refractivity contribution >= 4 is 18.2 Å². The normalized spacial score (nSPS) is 25.7. The molecule has 1 aromatic rings. The molecule has 3 aliphatic heterocycles. The molecule has 5 rings (SSSR count). The first kappa shape index (κ1) is 19.5. The fourth-order valence-corrected chi connectivity index (χ4v) is 4.45. The zero-order valence-corrected chi connectivity index (χ0v) is 17.4. The van der Waals surface area contributed by atoms with Crippen molar-refractivity contribution in [3.05, 3.63) is 48.6 Å². The van der Waals surface area contributed by atoms with Crippen LogP contribution in [0.2, 0.25) is 0 Å². The van der Waals surface area contributed by atoms with Gasteiger partial charge >= 0.3 is 0 Å². The Kier molecular flexibility index (Phi) is 5.66. The summed E-state index contributed by atoms with van der Waals surface area (Å²) in [7, 11) is 0. The second-order valence-corrected chi connectivity index (χ2v) is 8.22. The van der Waals surface area contributed by atoms with Gasteiger partial charge in [0.25, 0.3) is 0 Å². The van der Waals surface area contributed by atoms with Gasteiger partial charge in [0.1, 0.15) is 5.75 Å². The summed E-state index contributed by atoms with van der Waals surface area (Å²) in [4.78, 5) is 11.2. The van der Waals surface area contributed by atoms with Gasteiger partial charge in [-0.1, -0.05) is 6.07 Å². The van der Waals surface area contributed by atoms with Crippen LogP contribution in [0.3, 0.4) is 0 Å². The summed E-state index contributed by atoms with van der Waals surface area (Å²) in [5.74, 6) is 0.924. The topological polar surface area (TPSA) is 49.7 Å². The maximum atomic E-state index is 6.13. The van der Waals surface area contributed by atoms with E-state index in [4.69, 9.17) is 9.47 Å². The lowest BCUT2D eigenvalue weighted by Gasteiger charge is -2.46. The van der Waals surface area contributed by atoms with Crippen LogP contribution in [0.4, 0.5) is 5.69 Å². The Hall–Kier alpha value is -2.48. The van der Waals surface area contributed by atoms with Crippen LogP contribution in [0, 0.1) is 0 Å². The molecule has 0 N–H and O–H groups in total. The minimum absolute atomic E-state index is 0.477. The smallest absolute Gasteiger partial charge is 0.225 e. The van der Waals surface area contributed by atoms with Gasteiger partial charge in [0, 0.05) is 25.7 Å². The predicted molar refractivity (Wildman–Crippen MR) is 118 cm³/mol. The van der Waals surface area contributed by atoms with E-state index < -0.39 is 0 Å². The van der Waals surface area contributed by atoms with Gasteiger partial charge in [0.15, 0.2) is 6.20 Å². The van der Waals surface area contributed by atoms with Gasteiger partial charge in [0.2, 0.25) is 12.0 Å². The highest BCUT2D eigenvalue weighted by molar-refractivity contribution is 5.82. The molecule has 4 aliphatic rings. The molecule has 1 saturated carbocycles. The number of anilines is 1. The third-order valence-corrected chi connectivity index (χ3v) is 6.30. The molecule has 2 fully saturated rings. The largest absolute Gasteiger partial charge is 0.493 e. The van der Waals surface area contributed by atoms with E-state index in [-0.39, 0.29) is 0 Å². The van der Waals surface area contributed by atoms with E-state index in [9.17, 15) is 0 Å².